The van der Waals surface area contributed by atoms with Crippen LogP contribution in [0.15, 0.2) is 70.2 Å². The summed E-state index contributed by atoms with van der Waals surface area (Å²) in [6.45, 7) is 2.25. The molecular formula is C23H26N4O4S2. The van der Waals surface area contributed by atoms with Crippen LogP contribution < -0.4 is 25.0 Å². The predicted molar refractivity (Wildman–Crippen MR) is 133 cm³/mol. The van der Waals surface area contributed by atoms with Gasteiger partial charge in [0, 0.05) is 18.8 Å². The van der Waals surface area contributed by atoms with E-state index >= 15 is 0 Å². The Morgan fingerprint density at radius 2 is 1.88 bits per heavy atom. The summed E-state index contributed by atoms with van der Waals surface area (Å²) in [5.74, 6) is 1.40. The van der Waals surface area contributed by atoms with Crippen molar-refractivity contribution in [2.24, 2.45) is 0 Å². The van der Waals surface area contributed by atoms with Crippen molar-refractivity contribution in [3.63, 3.8) is 0 Å². The van der Waals surface area contributed by atoms with E-state index in [0.717, 1.165) is 37.4 Å². The number of nitrogens with one attached hydrogen (secondary N) is 3. The van der Waals surface area contributed by atoms with Gasteiger partial charge in [-0.05, 0) is 79.7 Å². The fraction of sp³-hybridized carbons (Fsp3) is 0.261. The molecule has 0 bridgehead atoms. The predicted octanol–water partition coefficient (Wildman–Crippen LogP) is 4.18. The van der Waals surface area contributed by atoms with Gasteiger partial charge in [-0.15, -0.1) is 0 Å². The lowest BCUT2D eigenvalue weighted by Crippen LogP contribution is -2.29. The fourth-order valence-electron chi connectivity index (χ4n) is 3.64. The molecule has 1 fully saturated rings. The first-order valence-electron chi connectivity index (χ1n) is 10.6. The average Bonchev–Trinajstić information content (AvgIpc) is 3.52. The lowest BCUT2D eigenvalue weighted by Gasteiger charge is -2.23. The van der Waals surface area contributed by atoms with Crippen LogP contribution in [0.5, 0.6) is 5.75 Å². The number of furan rings is 1. The van der Waals surface area contributed by atoms with Gasteiger partial charge in [-0.25, -0.2) is 8.42 Å². The van der Waals surface area contributed by atoms with E-state index < -0.39 is 10.0 Å². The zero-order chi connectivity index (χ0) is 23.3. The van der Waals surface area contributed by atoms with E-state index in [1.807, 2.05) is 18.2 Å². The van der Waals surface area contributed by atoms with Crippen molar-refractivity contribution < 1.29 is 17.6 Å². The lowest BCUT2D eigenvalue weighted by molar-refractivity contribution is 0.415. The molecule has 4 rings (SSSR count). The summed E-state index contributed by atoms with van der Waals surface area (Å²) in [6.07, 6.45) is 3.79. The minimum atomic E-state index is -3.81. The van der Waals surface area contributed by atoms with Crippen molar-refractivity contribution in [3.8, 4) is 5.75 Å². The summed E-state index contributed by atoms with van der Waals surface area (Å²) >= 11 is 5.45. The summed E-state index contributed by atoms with van der Waals surface area (Å²) < 4.78 is 39.2. The molecule has 0 unspecified atom stereocenters. The highest BCUT2D eigenvalue weighted by atomic mass is 32.2. The van der Waals surface area contributed by atoms with Gasteiger partial charge in [0.2, 0.25) is 0 Å². The summed E-state index contributed by atoms with van der Waals surface area (Å²) in [6, 6.07) is 15.4. The molecule has 3 aromatic rings. The molecule has 33 heavy (non-hydrogen) atoms. The molecule has 0 radical (unpaired) electrons. The van der Waals surface area contributed by atoms with Crippen molar-refractivity contribution >= 4 is 44.4 Å². The molecule has 1 aliphatic heterocycles. The number of anilines is 3. The number of methoxy groups -OCH3 is 1. The smallest absolute Gasteiger partial charge is 0.261 e. The maximum absolute atomic E-state index is 13.1. The molecule has 2 heterocycles. The molecule has 10 heteroatoms. The Morgan fingerprint density at radius 1 is 1.12 bits per heavy atom. The number of sulfonamides is 1. The maximum Gasteiger partial charge on any atom is 0.261 e. The zero-order valence-corrected chi connectivity index (χ0v) is 19.8. The second-order valence-corrected chi connectivity index (χ2v) is 9.68. The number of nitrogens with zero attached hydrogens (tertiary/aromatic N) is 1. The van der Waals surface area contributed by atoms with Crippen LogP contribution in [0.1, 0.15) is 18.6 Å². The summed E-state index contributed by atoms with van der Waals surface area (Å²) in [4.78, 5) is 2.36. The second kappa shape index (κ2) is 10.1. The van der Waals surface area contributed by atoms with Crippen LogP contribution in [0, 0.1) is 0 Å². The van der Waals surface area contributed by atoms with E-state index in [-0.39, 0.29) is 4.90 Å². The molecular weight excluding hydrogens is 460 g/mol. The molecule has 1 aromatic heterocycles. The van der Waals surface area contributed by atoms with Gasteiger partial charge in [0.25, 0.3) is 10.0 Å². The van der Waals surface area contributed by atoms with Crippen LogP contribution in [-0.2, 0) is 16.6 Å². The van der Waals surface area contributed by atoms with Crippen LogP contribution in [0.2, 0.25) is 0 Å². The normalized spacial score (nSPS) is 13.5. The molecule has 0 amide bonds. The minimum Gasteiger partial charge on any atom is -0.497 e. The highest BCUT2D eigenvalue weighted by molar-refractivity contribution is 7.92. The summed E-state index contributed by atoms with van der Waals surface area (Å²) in [5, 5.41) is 6.64. The Bertz CT molecular complexity index is 1190. The lowest BCUT2D eigenvalue weighted by atomic mass is 10.2. The first-order chi connectivity index (χ1) is 15.9. The Morgan fingerprint density at radius 3 is 2.55 bits per heavy atom. The van der Waals surface area contributed by atoms with E-state index in [2.05, 4.69) is 20.3 Å². The quantitative estimate of drug-likeness (QED) is 0.408. The number of rotatable bonds is 8. The van der Waals surface area contributed by atoms with Crippen LogP contribution in [0.3, 0.4) is 0 Å². The Balaban J connectivity index is 1.55. The van der Waals surface area contributed by atoms with E-state index in [4.69, 9.17) is 21.4 Å². The molecule has 0 spiro atoms. The van der Waals surface area contributed by atoms with Gasteiger partial charge in [0.05, 0.1) is 36.2 Å². The summed E-state index contributed by atoms with van der Waals surface area (Å²) in [7, 11) is -2.25. The van der Waals surface area contributed by atoms with Crippen molar-refractivity contribution in [2.75, 3.05) is 35.1 Å². The number of ether oxygens (including phenoxy) is 1. The minimum absolute atomic E-state index is 0.137. The van der Waals surface area contributed by atoms with Gasteiger partial charge < -0.3 is 24.7 Å². The highest BCUT2D eigenvalue weighted by Gasteiger charge is 2.21. The third-order valence-electron chi connectivity index (χ3n) is 5.32. The molecule has 0 saturated carbocycles. The SMILES string of the molecule is COc1ccc(NS(=O)(=O)c2ccc(N3CCCC3)c(NC(=S)NCc3ccco3)c2)cc1. The van der Waals surface area contributed by atoms with Gasteiger partial charge in [-0.1, -0.05) is 0 Å². The van der Waals surface area contributed by atoms with Crippen molar-refractivity contribution in [2.45, 2.75) is 24.3 Å². The second-order valence-electron chi connectivity index (χ2n) is 7.59. The zero-order valence-electron chi connectivity index (χ0n) is 18.2. The number of hydrogen-bond acceptors (Lipinski definition) is 6. The topological polar surface area (TPSA) is 95.8 Å². The highest BCUT2D eigenvalue weighted by Crippen LogP contribution is 2.32. The molecule has 2 aromatic carbocycles. The van der Waals surface area contributed by atoms with Gasteiger partial charge in [0.15, 0.2) is 5.11 Å². The van der Waals surface area contributed by atoms with Crippen molar-refractivity contribution in [1.29, 1.82) is 0 Å². The Kier molecular flexibility index (Phi) is 7.05. The van der Waals surface area contributed by atoms with Gasteiger partial charge >= 0.3 is 0 Å². The third-order valence-corrected chi connectivity index (χ3v) is 6.94. The van der Waals surface area contributed by atoms with Crippen LogP contribution in [0.25, 0.3) is 0 Å². The van der Waals surface area contributed by atoms with Crippen molar-refractivity contribution in [1.82, 2.24) is 5.32 Å². The van der Waals surface area contributed by atoms with Gasteiger partial charge in [-0.2, -0.15) is 0 Å². The molecule has 1 saturated heterocycles. The number of benzene rings is 2. The summed E-state index contributed by atoms with van der Waals surface area (Å²) in [5.41, 5.74) is 1.99. The standard InChI is InChI=1S/C23H26N4O4S2/c1-30-18-8-6-17(7-9-18)26-33(28,29)20-10-11-22(27-12-2-3-13-27)21(15-20)25-23(32)24-16-19-5-4-14-31-19/h4-11,14-15,26H,2-3,12-13,16H2,1H3,(H2,24,25,32). The van der Waals surface area contributed by atoms with E-state index in [0.29, 0.717) is 28.8 Å². The van der Waals surface area contributed by atoms with Crippen LogP contribution in [0.4, 0.5) is 17.1 Å². The monoisotopic (exact) mass is 486 g/mol. The Labute approximate surface area is 199 Å². The molecule has 3 N–H and O–H groups in total. The average molecular weight is 487 g/mol. The molecule has 0 atom stereocenters. The van der Waals surface area contributed by atoms with E-state index in [9.17, 15) is 8.42 Å². The first kappa shape index (κ1) is 22.9. The van der Waals surface area contributed by atoms with E-state index in [1.54, 1.807) is 49.8 Å². The number of thiocarbonyl (C=S) groups is 1. The van der Waals surface area contributed by atoms with Crippen molar-refractivity contribution in [3.05, 3.63) is 66.6 Å². The van der Waals surface area contributed by atoms with E-state index in [1.165, 1.54) is 0 Å². The maximum atomic E-state index is 13.1. The molecule has 174 valence electrons. The van der Waals surface area contributed by atoms with Gasteiger partial charge in [0.1, 0.15) is 11.5 Å². The number of hydrogen-bond donors (Lipinski definition) is 3. The fourth-order valence-corrected chi connectivity index (χ4v) is 4.90. The largest absolute Gasteiger partial charge is 0.497 e. The first-order valence-corrected chi connectivity index (χ1v) is 12.5. The molecule has 8 nitrogen and oxygen atoms in total. The van der Waals surface area contributed by atoms with Crippen LogP contribution >= 0.6 is 12.2 Å². The van der Waals surface area contributed by atoms with Crippen LogP contribution in [-0.4, -0.2) is 33.7 Å². The van der Waals surface area contributed by atoms with Gasteiger partial charge in [-0.3, -0.25) is 4.72 Å². The third kappa shape index (κ3) is 5.77. The Hall–Kier alpha value is -3.24. The molecule has 1 aliphatic rings. The molecule has 0 aliphatic carbocycles.